The topological polar surface area (TPSA) is 60.3 Å². The summed E-state index contributed by atoms with van der Waals surface area (Å²) in [6, 6.07) is 0.353. The molecule has 0 radical (unpaired) electrons. The summed E-state index contributed by atoms with van der Waals surface area (Å²) in [5.74, 6) is 0. The Labute approximate surface area is 111 Å². The van der Waals surface area contributed by atoms with Gasteiger partial charge in [0.25, 0.3) is 0 Å². The molecule has 2 rings (SSSR count). The first-order valence-electron chi connectivity index (χ1n) is 4.61. The summed E-state index contributed by atoms with van der Waals surface area (Å²) in [5, 5.41) is 0.696. The maximum absolute atomic E-state index is 4.97. The number of hydrogen-bond acceptors (Lipinski definition) is 8. The van der Waals surface area contributed by atoms with Crippen molar-refractivity contribution >= 4 is 54.7 Å². The Morgan fingerprint density at radius 2 is 2.12 bits per heavy atom. The third kappa shape index (κ3) is 2.88. The van der Waals surface area contributed by atoms with E-state index in [1.54, 1.807) is 36.8 Å². The molecular weight excluding hydrogens is 276 g/mol. The fourth-order valence-corrected chi connectivity index (χ4v) is 3.03. The van der Waals surface area contributed by atoms with Crippen LogP contribution >= 0.6 is 34.9 Å². The molecule has 8 heteroatoms. The van der Waals surface area contributed by atoms with Crippen molar-refractivity contribution in [2.45, 2.75) is 0 Å². The van der Waals surface area contributed by atoms with Gasteiger partial charge in [0.05, 0.1) is 13.3 Å². The predicted octanol–water partition coefficient (Wildman–Crippen LogP) is 2.81. The van der Waals surface area contributed by atoms with E-state index in [1.165, 1.54) is 11.3 Å². The van der Waals surface area contributed by atoms with E-state index < -0.39 is 0 Å². The molecule has 5 nitrogen and oxygen atoms in total. The first-order chi connectivity index (χ1) is 8.26. The van der Waals surface area contributed by atoms with Crippen LogP contribution in [0.4, 0.5) is 5.13 Å². The lowest BCUT2D eigenvalue weighted by Gasteiger charge is -1.93. The van der Waals surface area contributed by atoms with E-state index in [0.29, 0.717) is 11.1 Å². The number of thiazole rings is 1. The largest absolute Gasteiger partial charge is 0.467 e. The molecular formula is C9H10N4OS3. The van der Waals surface area contributed by atoms with Gasteiger partial charge in [-0.15, -0.1) is 23.5 Å². The third-order valence-corrected chi connectivity index (χ3v) is 4.58. The quantitative estimate of drug-likeness (QED) is 0.625. The first kappa shape index (κ1) is 12.6. The third-order valence-electron chi connectivity index (χ3n) is 1.84. The average molecular weight is 286 g/mol. The maximum Gasteiger partial charge on any atom is 0.317 e. The van der Waals surface area contributed by atoms with Crippen LogP contribution in [-0.2, 0) is 0 Å². The van der Waals surface area contributed by atoms with Crippen LogP contribution < -0.4 is 4.74 Å². The Balaban J connectivity index is 2.40. The zero-order chi connectivity index (χ0) is 12.3. The molecule has 0 unspecified atom stereocenters. The number of hydrogen-bond donors (Lipinski definition) is 0. The lowest BCUT2D eigenvalue weighted by molar-refractivity contribution is 0.382. The van der Waals surface area contributed by atoms with Crippen molar-refractivity contribution in [3.63, 3.8) is 0 Å². The monoisotopic (exact) mass is 286 g/mol. The van der Waals surface area contributed by atoms with Crippen LogP contribution in [0.25, 0.3) is 10.3 Å². The van der Waals surface area contributed by atoms with Crippen molar-refractivity contribution in [1.82, 2.24) is 15.0 Å². The molecule has 0 N–H and O–H groups in total. The number of rotatable bonds is 2. The van der Waals surface area contributed by atoms with Gasteiger partial charge in [-0.2, -0.15) is 4.98 Å². The minimum atomic E-state index is 0.353. The molecule has 2 aromatic rings. The van der Waals surface area contributed by atoms with Gasteiger partial charge >= 0.3 is 6.01 Å². The van der Waals surface area contributed by atoms with Crippen molar-refractivity contribution in [1.29, 1.82) is 0 Å². The minimum Gasteiger partial charge on any atom is -0.467 e. The van der Waals surface area contributed by atoms with Crippen molar-refractivity contribution in [2.75, 3.05) is 19.6 Å². The van der Waals surface area contributed by atoms with Crippen LogP contribution in [0.1, 0.15) is 0 Å². The Kier molecular flexibility index (Phi) is 4.19. The molecule has 17 heavy (non-hydrogen) atoms. The van der Waals surface area contributed by atoms with E-state index in [9.17, 15) is 0 Å². The fourth-order valence-electron chi connectivity index (χ4n) is 1.11. The molecule has 0 aromatic carbocycles. The van der Waals surface area contributed by atoms with Crippen molar-refractivity contribution in [3.05, 3.63) is 6.20 Å². The van der Waals surface area contributed by atoms with E-state index in [2.05, 4.69) is 19.9 Å². The molecule has 2 aromatic heterocycles. The summed E-state index contributed by atoms with van der Waals surface area (Å²) in [6.45, 7) is 0. The summed E-state index contributed by atoms with van der Waals surface area (Å²) in [6.07, 6.45) is 5.63. The molecule has 0 aliphatic carbocycles. The zero-order valence-electron chi connectivity index (χ0n) is 9.50. The molecule has 0 fully saturated rings. The van der Waals surface area contributed by atoms with Gasteiger partial charge in [-0.3, -0.25) is 0 Å². The second-order valence-corrected chi connectivity index (χ2v) is 5.63. The number of methoxy groups -OCH3 is 1. The second kappa shape index (κ2) is 5.65. The zero-order valence-corrected chi connectivity index (χ0v) is 11.9. The number of fused-ring (bicyclic) bond motifs is 1. The first-order valence-corrected chi connectivity index (χ1v) is 7.87. The van der Waals surface area contributed by atoms with Gasteiger partial charge in [-0.1, -0.05) is 11.3 Å². The molecule has 0 atom stereocenters. The highest BCUT2D eigenvalue weighted by molar-refractivity contribution is 8.38. The van der Waals surface area contributed by atoms with Crippen molar-refractivity contribution < 1.29 is 4.74 Å². The predicted molar refractivity (Wildman–Crippen MR) is 75.9 cm³/mol. The SMILES string of the molecule is COc1ncc2nc(N=C(SC)SC)sc2n1. The maximum atomic E-state index is 4.97. The highest BCUT2D eigenvalue weighted by Crippen LogP contribution is 2.29. The van der Waals surface area contributed by atoms with Gasteiger partial charge in [-0.25, -0.2) is 15.0 Å². The number of aromatic nitrogens is 3. The van der Waals surface area contributed by atoms with Crippen LogP contribution in [0, 0.1) is 0 Å². The summed E-state index contributed by atoms with van der Waals surface area (Å²) in [5.41, 5.74) is 0.746. The fraction of sp³-hybridized carbons (Fsp3) is 0.333. The lowest BCUT2D eigenvalue weighted by Crippen LogP contribution is -1.89. The molecule has 0 spiro atoms. The second-order valence-electron chi connectivity index (χ2n) is 2.83. The number of ether oxygens (including phenoxy) is 1. The van der Waals surface area contributed by atoms with Gasteiger partial charge in [-0.05, 0) is 12.5 Å². The molecule has 0 bridgehead atoms. The number of thioether (sulfide) groups is 2. The van der Waals surface area contributed by atoms with Gasteiger partial charge in [0.15, 0.2) is 4.83 Å². The Morgan fingerprint density at radius 1 is 1.35 bits per heavy atom. The Morgan fingerprint density at radius 3 is 2.76 bits per heavy atom. The number of nitrogens with zero attached hydrogens (tertiary/aromatic N) is 4. The van der Waals surface area contributed by atoms with Crippen LogP contribution in [0.5, 0.6) is 6.01 Å². The molecule has 0 saturated carbocycles. The molecule has 0 amide bonds. The molecule has 0 saturated heterocycles. The highest BCUT2D eigenvalue weighted by atomic mass is 32.2. The van der Waals surface area contributed by atoms with Crippen LogP contribution in [0.2, 0.25) is 0 Å². The van der Waals surface area contributed by atoms with Crippen LogP contribution in [0.15, 0.2) is 11.2 Å². The lowest BCUT2D eigenvalue weighted by atomic mass is 10.6. The molecule has 0 aliphatic rings. The van der Waals surface area contributed by atoms with Gasteiger partial charge in [0.2, 0.25) is 5.13 Å². The van der Waals surface area contributed by atoms with Crippen LogP contribution in [0.3, 0.4) is 0 Å². The highest BCUT2D eigenvalue weighted by Gasteiger charge is 2.07. The van der Waals surface area contributed by atoms with E-state index in [-0.39, 0.29) is 0 Å². The summed E-state index contributed by atoms with van der Waals surface area (Å²) in [4.78, 5) is 17.8. The molecule has 0 aliphatic heterocycles. The molecule has 90 valence electrons. The standard InChI is InChI=1S/C9H10N4OS3/c1-14-7-10-4-5-6(12-7)17-8(11-5)13-9(15-2)16-3/h4H,1-3H3. The van der Waals surface area contributed by atoms with Gasteiger partial charge in [0.1, 0.15) is 9.89 Å². The van der Waals surface area contributed by atoms with Crippen molar-refractivity contribution in [2.24, 2.45) is 4.99 Å². The van der Waals surface area contributed by atoms with E-state index >= 15 is 0 Å². The minimum absolute atomic E-state index is 0.353. The smallest absolute Gasteiger partial charge is 0.317 e. The van der Waals surface area contributed by atoms with E-state index in [1.807, 2.05) is 12.5 Å². The van der Waals surface area contributed by atoms with Gasteiger partial charge < -0.3 is 4.74 Å². The van der Waals surface area contributed by atoms with Crippen LogP contribution in [-0.4, -0.2) is 38.9 Å². The summed E-state index contributed by atoms with van der Waals surface area (Å²) < 4.78 is 5.94. The Hall–Kier alpha value is -0.860. The van der Waals surface area contributed by atoms with E-state index in [0.717, 1.165) is 14.7 Å². The van der Waals surface area contributed by atoms with Crippen molar-refractivity contribution in [3.8, 4) is 6.01 Å². The number of aliphatic imine (C=N–C) groups is 1. The van der Waals surface area contributed by atoms with E-state index in [4.69, 9.17) is 4.74 Å². The summed E-state index contributed by atoms with van der Waals surface area (Å²) in [7, 11) is 1.54. The average Bonchev–Trinajstić information content (AvgIpc) is 2.76. The Bertz CT molecular complexity index is 548. The summed E-state index contributed by atoms with van der Waals surface area (Å²) >= 11 is 4.63. The molecule has 2 heterocycles. The normalized spacial score (nSPS) is 10.5. The van der Waals surface area contributed by atoms with Gasteiger partial charge in [0, 0.05) is 0 Å².